The molecule has 8 heteroatoms. The van der Waals surface area contributed by atoms with Gasteiger partial charge in [0.2, 0.25) is 10.0 Å². The van der Waals surface area contributed by atoms with Gasteiger partial charge in [-0.05, 0) is 42.8 Å². The van der Waals surface area contributed by atoms with Gasteiger partial charge in [0.1, 0.15) is 5.82 Å². The van der Waals surface area contributed by atoms with Gasteiger partial charge in [0.15, 0.2) is 0 Å². The van der Waals surface area contributed by atoms with Crippen molar-refractivity contribution in [3.05, 3.63) is 59.9 Å². The highest BCUT2D eigenvalue weighted by atomic mass is 32.2. The summed E-state index contributed by atoms with van der Waals surface area (Å²) in [6.45, 7) is 0.508. The molecule has 3 rings (SSSR count). The van der Waals surface area contributed by atoms with Crippen molar-refractivity contribution in [1.82, 2.24) is 19.6 Å². The number of nitrogens with one attached hydrogen (secondary N) is 2. The number of aromatic nitrogens is 2. The second kappa shape index (κ2) is 7.89. The van der Waals surface area contributed by atoms with Crippen LogP contribution in [-0.4, -0.2) is 49.2 Å². The molecule has 1 amide bonds. The van der Waals surface area contributed by atoms with Crippen molar-refractivity contribution in [1.29, 1.82) is 0 Å². The van der Waals surface area contributed by atoms with Crippen molar-refractivity contribution in [3.8, 4) is 0 Å². The van der Waals surface area contributed by atoms with E-state index >= 15 is 0 Å². The van der Waals surface area contributed by atoms with E-state index in [1.165, 1.54) is 38.4 Å². The molecule has 2 N–H and O–H groups in total. The lowest BCUT2D eigenvalue weighted by molar-refractivity contribution is 0.0953. The topological polar surface area (TPSA) is 95.2 Å². The summed E-state index contributed by atoms with van der Waals surface area (Å²) in [5.74, 6) is 0.664. The summed E-state index contributed by atoms with van der Waals surface area (Å²) in [5, 5.41) is 2.84. The Labute approximate surface area is 158 Å². The van der Waals surface area contributed by atoms with Crippen LogP contribution in [0.4, 0.5) is 0 Å². The smallest absolute Gasteiger partial charge is 0.251 e. The maximum absolute atomic E-state index is 12.2. The number of para-hydroxylation sites is 2. The maximum atomic E-state index is 12.2. The van der Waals surface area contributed by atoms with Gasteiger partial charge in [-0.15, -0.1) is 0 Å². The van der Waals surface area contributed by atoms with Crippen LogP contribution in [0.15, 0.2) is 53.4 Å². The Morgan fingerprint density at radius 2 is 1.81 bits per heavy atom. The van der Waals surface area contributed by atoms with E-state index in [9.17, 15) is 13.2 Å². The molecule has 0 aliphatic rings. The van der Waals surface area contributed by atoms with Crippen LogP contribution in [0.25, 0.3) is 11.0 Å². The lowest BCUT2D eigenvalue weighted by atomic mass is 10.2. The number of amides is 1. The van der Waals surface area contributed by atoms with Crippen LogP contribution in [0, 0.1) is 0 Å². The molecule has 3 aromatic rings. The number of fused-ring (bicyclic) bond motifs is 1. The van der Waals surface area contributed by atoms with Gasteiger partial charge in [-0.3, -0.25) is 4.79 Å². The second-order valence-corrected chi connectivity index (χ2v) is 8.52. The zero-order chi connectivity index (χ0) is 19.4. The van der Waals surface area contributed by atoms with Gasteiger partial charge in [-0.2, -0.15) is 0 Å². The molecule has 27 heavy (non-hydrogen) atoms. The van der Waals surface area contributed by atoms with Crippen molar-refractivity contribution in [2.75, 3.05) is 20.6 Å². The van der Waals surface area contributed by atoms with Gasteiger partial charge in [0.05, 0.1) is 15.9 Å². The van der Waals surface area contributed by atoms with E-state index < -0.39 is 10.0 Å². The second-order valence-electron chi connectivity index (χ2n) is 6.37. The van der Waals surface area contributed by atoms with E-state index in [2.05, 4.69) is 15.3 Å². The summed E-state index contributed by atoms with van der Waals surface area (Å²) in [5.41, 5.74) is 2.37. The molecule has 0 unspecified atom stereocenters. The molecule has 2 aromatic carbocycles. The Bertz CT molecular complexity index is 1010. The van der Waals surface area contributed by atoms with Gasteiger partial charge in [0.25, 0.3) is 5.91 Å². The van der Waals surface area contributed by atoms with Crippen LogP contribution in [0.2, 0.25) is 0 Å². The molecule has 1 aromatic heterocycles. The van der Waals surface area contributed by atoms with E-state index in [4.69, 9.17) is 0 Å². The number of hydrogen-bond acceptors (Lipinski definition) is 4. The third kappa shape index (κ3) is 4.35. The fourth-order valence-corrected chi connectivity index (χ4v) is 3.57. The number of aromatic amines is 1. The molecule has 0 spiro atoms. The quantitative estimate of drug-likeness (QED) is 0.609. The van der Waals surface area contributed by atoms with E-state index in [-0.39, 0.29) is 10.8 Å². The minimum absolute atomic E-state index is 0.161. The first-order chi connectivity index (χ1) is 12.9. The number of benzene rings is 2. The van der Waals surface area contributed by atoms with Gasteiger partial charge in [0, 0.05) is 32.6 Å². The Balaban J connectivity index is 1.52. The molecule has 0 saturated carbocycles. The highest BCUT2D eigenvalue weighted by molar-refractivity contribution is 7.89. The van der Waals surface area contributed by atoms with Crippen LogP contribution in [-0.2, 0) is 16.4 Å². The first kappa shape index (κ1) is 19.1. The summed E-state index contributed by atoms with van der Waals surface area (Å²) in [7, 11) is -0.550. The van der Waals surface area contributed by atoms with Crippen molar-refractivity contribution >= 4 is 27.0 Å². The number of carbonyl (C=O) groups excluding carboxylic acids is 1. The first-order valence-corrected chi connectivity index (χ1v) is 10.1. The average Bonchev–Trinajstić information content (AvgIpc) is 3.08. The molecule has 0 saturated heterocycles. The summed E-state index contributed by atoms with van der Waals surface area (Å²) < 4.78 is 25.2. The van der Waals surface area contributed by atoms with Gasteiger partial charge >= 0.3 is 0 Å². The highest BCUT2D eigenvalue weighted by Gasteiger charge is 2.17. The number of carbonyl (C=O) groups is 1. The standard InChI is InChI=1S/C19H22N4O3S/c1-23(2)27(25,26)15-11-9-14(10-12-15)19(24)20-13-5-8-18-21-16-6-3-4-7-17(16)22-18/h3-4,6-7,9-12H,5,8,13H2,1-2H3,(H,20,24)(H,21,22). The van der Waals surface area contributed by atoms with Crippen molar-refractivity contribution in [2.24, 2.45) is 0 Å². The molecule has 7 nitrogen and oxygen atoms in total. The number of aryl methyl sites for hydroxylation is 1. The Morgan fingerprint density at radius 1 is 1.11 bits per heavy atom. The van der Waals surface area contributed by atoms with Crippen LogP contribution in [0.1, 0.15) is 22.6 Å². The van der Waals surface area contributed by atoms with Crippen molar-refractivity contribution < 1.29 is 13.2 Å². The predicted molar refractivity (Wildman–Crippen MR) is 104 cm³/mol. The SMILES string of the molecule is CN(C)S(=O)(=O)c1ccc(C(=O)NCCCc2nc3ccccc3[nH]2)cc1. The zero-order valence-electron chi connectivity index (χ0n) is 15.3. The molecule has 0 bridgehead atoms. The Kier molecular flexibility index (Phi) is 5.57. The largest absolute Gasteiger partial charge is 0.352 e. The van der Waals surface area contributed by atoms with Gasteiger partial charge in [-0.1, -0.05) is 12.1 Å². The number of hydrogen-bond donors (Lipinski definition) is 2. The Hall–Kier alpha value is -2.71. The summed E-state index contributed by atoms with van der Waals surface area (Å²) in [4.78, 5) is 20.1. The van der Waals surface area contributed by atoms with E-state index in [0.29, 0.717) is 12.1 Å². The summed E-state index contributed by atoms with van der Waals surface area (Å²) in [6.07, 6.45) is 1.48. The Morgan fingerprint density at radius 3 is 2.48 bits per heavy atom. The molecule has 142 valence electrons. The number of H-pyrrole nitrogens is 1. The third-order valence-corrected chi connectivity index (χ3v) is 6.04. The molecular formula is C19H22N4O3S. The van der Waals surface area contributed by atoms with E-state index in [1.807, 2.05) is 24.3 Å². The summed E-state index contributed by atoms with van der Waals surface area (Å²) >= 11 is 0. The number of nitrogens with zero attached hydrogens (tertiary/aromatic N) is 2. The number of sulfonamides is 1. The molecule has 0 atom stereocenters. The maximum Gasteiger partial charge on any atom is 0.251 e. The lowest BCUT2D eigenvalue weighted by Gasteiger charge is -2.11. The lowest BCUT2D eigenvalue weighted by Crippen LogP contribution is -2.25. The van der Waals surface area contributed by atoms with Crippen molar-refractivity contribution in [3.63, 3.8) is 0 Å². The van der Waals surface area contributed by atoms with Crippen LogP contribution >= 0.6 is 0 Å². The zero-order valence-corrected chi connectivity index (χ0v) is 16.1. The molecule has 1 heterocycles. The van der Waals surface area contributed by atoms with Crippen molar-refractivity contribution in [2.45, 2.75) is 17.7 Å². The molecule has 0 aliphatic carbocycles. The minimum Gasteiger partial charge on any atom is -0.352 e. The minimum atomic E-state index is -3.49. The summed E-state index contributed by atoms with van der Waals surface area (Å²) in [6, 6.07) is 13.8. The third-order valence-electron chi connectivity index (χ3n) is 4.21. The molecule has 0 aliphatic heterocycles. The fourth-order valence-electron chi connectivity index (χ4n) is 2.67. The number of imidazole rings is 1. The fraction of sp³-hybridized carbons (Fsp3) is 0.263. The predicted octanol–water partition coefficient (Wildman–Crippen LogP) is 2.18. The average molecular weight is 386 g/mol. The highest BCUT2D eigenvalue weighted by Crippen LogP contribution is 2.14. The first-order valence-electron chi connectivity index (χ1n) is 8.62. The molecule has 0 fully saturated rings. The van der Waals surface area contributed by atoms with Crippen LogP contribution in [0.3, 0.4) is 0 Å². The number of rotatable bonds is 7. The van der Waals surface area contributed by atoms with Crippen LogP contribution < -0.4 is 5.32 Å². The van der Waals surface area contributed by atoms with Gasteiger partial charge in [-0.25, -0.2) is 17.7 Å². The molecule has 0 radical (unpaired) electrons. The van der Waals surface area contributed by atoms with Gasteiger partial charge < -0.3 is 10.3 Å². The van der Waals surface area contributed by atoms with E-state index in [0.717, 1.165) is 34.0 Å². The van der Waals surface area contributed by atoms with Crippen LogP contribution in [0.5, 0.6) is 0 Å². The normalized spacial score (nSPS) is 11.8. The monoisotopic (exact) mass is 386 g/mol. The van der Waals surface area contributed by atoms with E-state index in [1.54, 1.807) is 0 Å². The molecular weight excluding hydrogens is 364 g/mol.